The molecule has 0 aromatic heterocycles. The van der Waals surface area contributed by atoms with E-state index in [1.54, 1.807) is 0 Å². The van der Waals surface area contributed by atoms with E-state index in [1.165, 1.54) is 0 Å². The minimum absolute atomic E-state index is 0.106. The molecular formula is C12H17BrClNO. The summed E-state index contributed by atoms with van der Waals surface area (Å²) in [5.74, 6) is 0. The highest BCUT2D eigenvalue weighted by Crippen LogP contribution is 2.28. The van der Waals surface area contributed by atoms with Gasteiger partial charge >= 0.3 is 0 Å². The Morgan fingerprint density at radius 3 is 2.75 bits per heavy atom. The van der Waals surface area contributed by atoms with Crippen molar-refractivity contribution in [1.82, 2.24) is 0 Å². The summed E-state index contributed by atoms with van der Waals surface area (Å²) in [7, 11) is 0. The predicted molar refractivity (Wildman–Crippen MR) is 73.1 cm³/mol. The largest absolute Gasteiger partial charge is 0.396 e. The third-order valence-electron chi connectivity index (χ3n) is 2.87. The molecule has 2 nitrogen and oxygen atoms in total. The van der Waals surface area contributed by atoms with Crippen molar-refractivity contribution in [2.24, 2.45) is 5.41 Å². The van der Waals surface area contributed by atoms with Crippen LogP contribution >= 0.6 is 27.5 Å². The molecule has 0 aliphatic heterocycles. The standard InChI is InChI=1S/C12H17BrClNO/c1-3-12(2,8-16)7-15-11-6-9(13)4-5-10(11)14/h4-6,15-16H,3,7-8H2,1-2H3. The van der Waals surface area contributed by atoms with Crippen molar-refractivity contribution in [3.63, 3.8) is 0 Å². The van der Waals surface area contributed by atoms with Crippen LogP contribution in [0, 0.1) is 5.41 Å². The second-order valence-electron chi connectivity index (χ2n) is 4.30. The Kier molecular flexibility index (Phi) is 5.09. The summed E-state index contributed by atoms with van der Waals surface area (Å²) in [6.45, 7) is 4.99. The lowest BCUT2D eigenvalue weighted by atomic mass is 9.88. The Bertz CT molecular complexity index is 353. The highest BCUT2D eigenvalue weighted by atomic mass is 79.9. The van der Waals surface area contributed by atoms with Crippen molar-refractivity contribution < 1.29 is 5.11 Å². The van der Waals surface area contributed by atoms with Gasteiger partial charge in [-0.3, -0.25) is 0 Å². The average molecular weight is 307 g/mol. The smallest absolute Gasteiger partial charge is 0.0638 e. The zero-order valence-corrected chi connectivity index (χ0v) is 11.9. The first-order valence-electron chi connectivity index (χ1n) is 5.30. The van der Waals surface area contributed by atoms with Gasteiger partial charge in [0.1, 0.15) is 0 Å². The number of nitrogens with one attached hydrogen (secondary N) is 1. The first kappa shape index (κ1) is 13.8. The minimum Gasteiger partial charge on any atom is -0.396 e. The van der Waals surface area contributed by atoms with E-state index in [0.29, 0.717) is 11.6 Å². The molecule has 2 N–H and O–H groups in total. The molecule has 90 valence electrons. The van der Waals surface area contributed by atoms with Gasteiger partial charge in [-0.25, -0.2) is 0 Å². The minimum atomic E-state index is -0.106. The van der Waals surface area contributed by atoms with Gasteiger partial charge in [-0.2, -0.15) is 0 Å². The molecule has 1 rings (SSSR count). The molecule has 0 radical (unpaired) electrons. The summed E-state index contributed by atoms with van der Waals surface area (Å²) in [4.78, 5) is 0. The van der Waals surface area contributed by atoms with E-state index in [0.717, 1.165) is 16.6 Å². The van der Waals surface area contributed by atoms with E-state index in [4.69, 9.17) is 11.6 Å². The SMILES string of the molecule is CCC(C)(CO)CNc1cc(Br)ccc1Cl. The summed E-state index contributed by atoms with van der Waals surface area (Å²) < 4.78 is 0.988. The predicted octanol–water partition coefficient (Wildman–Crippen LogP) is 3.92. The molecule has 0 saturated heterocycles. The van der Waals surface area contributed by atoms with Crippen LogP contribution in [0.2, 0.25) is 5.02 Å². The zero-order valence-electron chi connectivity index (χ0n) is 9.56. The van der Waals surface area contributed by atoms with E-state index in [-0.39, 0.29) is 12.0 Å². The van der Waals surface area contributed by atoms with Crippen LogP contribution in [0.15, 0.2) is 22.7 Å². The highest BCUT2D eigenvalue weighted by Gasteiger charge is 2.20. The molecule has 0 bridgehead atoms. The van der Waals surface area contributed by atoms with Crippen LogP contribution in [-0.2, 0) is 0 Å². The first-order valence-corrected chi connectivity index (χ1v) is 6.47. The Hall–Kier alpha value is -0.250. The number of benzene rings is 1. The Morgan fingerprint density at radius 2 is 2.19 bits per heavy atom. The Labute approximate surface area is 110 Å². The number of hydrogen-bond donors (Lipinski definition) is 2. The highest BCUT2D eigenvalue weighted by molar-refractivity contribution is 9.10. The molecule has 1 unspecified atom stereocenters. The molecule has 0 heterocycles. The first-order chi connectivity index (χ1) is 7.50. The maximum atomic E-state index is 9.30. The summed E-state index contributed by atoms with van der Waals surface area (Å²) >= 11 is 9.47. The van der Waals surface area contributed by atoms with Gasteiger partial charge in [0.2, 0.25) is 0 Å². The van der Waals surface area contributed by atoms with Crippen molar-refractivity contribution >= 4 is 33.2 Å². The molecule has 1 atom stereocenters. The van der Waals surface area contributed by atoms with Gasteiger partial charge in [-0.1, -0.05) is 41.4 Å². The van der Waals surface area contributed by atoms with Crippen LogP contribution in [0.4, 0.5) is 5.69 Å². The van der Waals surface area contributed by atoms with Crippen molar-refractivity contribution in [2.75, 3.05) is 18.5 Å². The van der Waals surface area contributed by atoms with Crippen LogP contribution in [0.1, 0.15) is 20.3 Å². The topological polar surface area (TPSA) is 32.3 Å². The van der Waals surface area contributed by atoms with Crippen LogP contribution in [0.5, 0.6) is 0 Å². The molecule has 1 aromatic rings. The molecular weight excluding hydrogens is 289 g/mol. The molecule has 4 heteroatoms. The number of hydrogen-bond acceptors (Lipinski definition) is 2. The average Bonchev–Trinajstić information content (AvgIpc) is 2.30. The van der Waals surface area contributed by atoms with Gasteiger partial charge < -0.3 is 10.4 Å². The maximum Gasteiger partial charge on any atom is 0.0638 e. The quantitative estimate of drug-likeness (QED) is 0.864. The van der Waals surface area contributed by atoms with Crippen molar-refractivity contribution in [3.8, 4) is 0 Å². The maximum absolute atomic E-state index is 9.30. The molecule has 16 heavy (non-hydrogen) atoms. The lowest BCUT2D eigenvalue weighted by Gasteiger charge is -2.26. The third-order valence-corrected chi connectivity index (χ3v) is 3.69. The summed E-state index contributed by atoms with van der Waals surface area (Å²) in [6.07, 6.45) is 0.919. The molecule has 0 aliphatic carbocycles. The fourth-order valence-corrected chi connectivity index (χ4v) is 1.78. The molecule has 0 aliphatic rings. The normalized spacial score (nSPS) is 14.6. The van der Waals surface area contributed by atoms with Gasteiger partial charge in [0.15, 0.2) is 0 Å². The number of halogens is 2. The fourth-order valence-electron chi connectivity index (χ4n) is 1.23. The lowest BCUT2D eigenvalue weighted by Crippen LogP contribution is -2.29. The van der Waals surface area contributed by atoms with Crippen LogP contribution in [-0.4, -0.2) is 18.3 Å². The van der Waals surface area contributed by atoms with Gasteiger partial charge in [0.05, 0.1) is 17.3 Å². The van der Waals surface area contributed by atoms with Crippen LogP contribution < -0.4 is 5.32 Å². The van der Waals surface area contributed by atoms with E-state index < -0.39 is 0 Å². The second-order valence-corrected chi connectivity index (χ2v) is 5.62. The van der Waals surface area contributed by atoms with E-state index in [2.05, 4.69) is 28.2 Å². The number of rotatable bonds is 5. The molecule has 0 fully saturated rings. The molecule has 0 spiro atoms. The number of aliphatic hydroxyl groups excluding tert-OH is 1. The third kappa shape index (κ3) is 3.65. The van der Waals surface area contributed by atoms with Crippen molar-refractivity contribution in [1.29, 1.82) is 0 Å². The monoisotopic (exact) mass is 305 g/mol. The zero-order chi connectivity index (χ0) is 12.2. The lowest BCUT2D eigenvalue weighted by molar-refractivity contribution is 0.149. The summed E-state index contributed by atoms with van der Waals surface area (Å²) in [5, 5.41) is 13.3. The Balaban J connectivity index is 2.70. The van der Waals surface area contributed by atoms with Crippen molar-refractivity contribution in [3.05, 3.63) is 27.7 Å². The van der Waals surface area contributed by atoms with Gasteiger partial charge in [-0.15, -0.1) is 0 Å². The Morgan fingerprint density at radius 1 is 1.50 bits per heavy atom. The van der Waals surface area contributed by atoms with Gasteiger partial charge in [0.25, 0.3) is 0 Å². The van der Waals surface area contributed by atoms with Crippen LogP contribution in [0.25, 0.3) is 0 Å². The fraction of sp³-hybridized carbons (Fsp3) is 0.500. The molecule has 1 aromatic carbocycles. The van der Waals surface area contributed by atoms with E-state index >= 15 is 0 Å². The van der Waals surface area contributed by atoms with Crippen LogP contribution in [0.3, 0.4) is 0 Å². The summed E-state index contributed by atoms with van der Waals surface area (Å²) in [5.41, 5.74) is 0.787. The summed E-state index contributed by atoms with van der Waals surface area (Å²) in [6, 6.07) is 5.69. The number of aliphatic hydroxyl groups is 1. The van der Waals surface area contributed by atoms with Crippen molar-refractivity contribution in [2.45, 2.75) is 20.3 Å². The number of anilines is 1. The molecule has 0 amide bonds. The molecule has 0 saturated carbocycles. The van der Waals surface area contributed by atoms with Gasteiger partial charge in [-0.05, 0) is 24.6 Å². The van der Waals surface area contributed by atoms with Gasteiger partial charge in [0, 0.05) is 16.4 Å². The second kappa shape index (κ2) is 5.89. The van der Waals surface area contributed by atoms with E-state index in [9.17, 15) is 5.11 Å². The van der Waals surface area contributed by atoms with E-state index in [1.807, 2.05) is 25.1 Å².